The lowest BCUT2D eigenvalue weighted by molar-refractivity contribution is -0.134. The first kappa shape index (κ1) is 19.0. The van der Waals surface area contributed by atoms with Crippen molar-refractivity contribution in [2.24, 2.45) is 0 Å². The molecule has 0 bridgehead atoms. The van der Waals surface area contributed by atoms with Gasteiger partial charge < -0.3 is 5.32 Å². The smallest absolute Gasteiger partial charge is 0.319 e. The highest BCUT2D eigenvalue weighted by molar-refractivity contribution is 7.15. The monoisotopic (exact) mass is 387 g/mol. The number of hydrogen-bond donors (Lipinski definition) is 2. The van der Waals surface area contributed by atoms with E-state index in [-0.39, 0.29) is 12.5 Å². The van der Waals surface area contributed by atoms with E-state index in [0.717, 1.165) is 9.91 Å². The number of hydrogen-bond acceptors (Lipinski definition) is 6. The summed E-state index contributed by atoms with van der Waals surface area (Å²) in [5.41, 5.74) is -0.453. The Kier molecular flexibility index (Phi) is 5.22. The number of amides is 4. The van der Waals surface area contributed by atoms with Gasteiger partial charge in [0.1, 0.15) is 17.1 Å². The van der Waals surface area contributed by atoms with Gasteiger partial charge in [-0.25, -0.2) is 4.79 Å². The standard InChI is InChI=1S/C18H21N5O3S/c1-4-18(12-8-6-5-7-9-12)15(25)23(17(26)20-18)10-13(24)19-16-22-21-14(27-16)11(2)3/h5-9,11H,4,10H2,1-3H3,(H,20,26)(H,19,22,24). The third kappa shape index (κ3) is 3.55. The van der Waals surface area contributed by atoms with E-state index in [2.05, 4.69) is 20.8 Å². The molecule has 2 N–H and O–H groups in total. The molecule has 2 aromatic rings. The first-order chi connectivity index (χ1) is 12.9. The van der Waals surface area contributed by atoms with E-state index in [1.54, 1.807) is 12.1 Å². The molecule has 9 heteroatoms. The maximum absolute atomic E-state index is 13.0. The summed E-state index contributed by atoms with van der Waals surface area (Å²) in [7, 11) is 0. The first-order valence-corrected chi connectivity index (χ1v) is 9.52. The van der Waals surface area contributed by atoms with Gasteiger partial charge in [0.25, 0.3) is 5.91 Å². The number of imide groups is 1. The van der Waals surface area contributed by atoms with Crippen LogP contribution in [0.25, 0.3) is 0 Å². The highest BCUT2D eigenvalue weighted by Gasteiger charge is 2.51. The molecule has 2 heterocycles. The molecule has 0 saturated carbocycles. The van der Waals surface area contributed by atoms with Gasteiger partial charge in [-0.2, -0.15) is 0 Å². The van der Waals surface area contributed by atoms with Crippen LogP contribution in [-0.2, 0) is 15.1 Å². The number of carbonyl (C=O) groups excluding carboxylic acids is 3. The summed E-state index contributed by atoms with van der Waals surface area (Å²) in [5.74, 6) is -0.725. The number of rotatable bonds is 6. The molecule has 3 rings (SSSR count). The summed E-state index contributed by atoms with van der Waals surface area (Å²) in [6.07, 6.45) is 0.383. The van der Waals surface area contributed by atoms with Crippen molar-refractivity contribution in [2.45, 2.75) is 38.6 Å². The lowest BCUT2D eigenvalue weighted by Crippen LogP contribution is -2.44. The van der Waals surface area contributed by atoms with Crippen molar-refractivity contribution in [3.63, 3.8) is 0 Å². The Balaban J connectivity index is 1.74. The number of carbonyl (C=O) groups is 3. The Hall–Kier alpha value is -2.81. The van der Waals surface area contributed by atoms with Crippen molar-refractivity contribution in [2.75, 3.05) is 11.9 Å². The number of nitrogens with one attached hydrogen (secondary N) is 2. The van der Waals surface area contributed by atoms with Crippen molar-refractivity contribution >= 4 is 34.3 Å². The van der Waals surface area contributed by atoms with Crippen LogP contribution in [0.3, 0.4) is 0 Å². The summed E-state index contributed by atoms with van der Waals surface area (Å²) in [6.45, 7) is 5.40. The van der Waals surface area contributed by atoms with Crippen molar-refractivity contribution < 1.29 is 14.4 Å². The van der Waals surface area contributed by atoms with Gasteiger partial charge in [-0.05, 0) is 12.0 Å². The Bertz CT molecular complexity index is 867. The van der Waals surface area contributed by atoms with Gasteiger partial charge >= 0.3 is 6.03 Å². The quantitative estimate of drug-likeness (QED) is 0.741. The molecule has 4 amide bonds. The third-order valence-corrected chi connectivity index (χ3v) is 5.59. The number of anilines is 1. The largest absolute Gasteiger partial charge is 0.325 e. The van der Waals surface area contributed by atoms with Crippen LogP contribution in [-0.4, -0.2) is 39.5 Å². The average molecular weight is 387 g/mol. The minimum atomic E-state index is -1.15. The molecule has 0 aliphatic carbocycles. The van der Waals surface area contributed by atoms with Gasteiger partial charge in [0, 0.05) is 5.92 Å². The molecule has 1 aromatic carbocycles. The first-order valence-electron chi connectivity index (χ1n) is 8.70. The Labute approximate surface area is 161 Å². The molecule has 1 saturated heterocycles. The predicted octanol–water partition coefficient (Wildman–Crippen LogP) is 2.46. The fraction of sp³-hybridized carbons (Fsp3) is 0.389. The van der Waals surface area contributed by atoms with Crippen LogP contribution < -0.4 is 10.6 Å². The van der Waals surface area contributed by atoms with Gasteiger partial charge in [-0.1, -0.05) is 62.4 Å². The van der Waals surface area contributed by atoms with Crippen LogP contribution in [0.2, 0.25) is 0 Å². The second kappa shape index (κ2) is 7.43. The zero-order chi connectivity index (χ0) is 19.6. The van der Waals surface area contributed by atoms with E-state index in [1.165, 1.54) is 11.3 Å². The topological polar surface area (TPSA) is 104 Å². The van der Waals surface area contributed by atoms with Crippen molar-refractivity contribution in [3.05, 3.63) is 40.9 Å². The molecule has 1 aliphatic heterocycles. The fourth-order valence-corrected chi connectivity index (χ4v) is 3.71. The Morgan fingerprint density at radius 3 is 2.56 bits per heavy atom. The van der Waals surface area contributed by atoms with E-state index in [4.69, 9.17) is 0 Å². The molecular formula is C18H21N5O3S. The highest BCUT2D eigenvalue weighted by Crippen LogP contribution is 2.32. The molecular weight excluding hydrogens is 366 g/mol. The molecule has 1 fully saturated rings. The molecule has 0 radical (unpaired) electrons. The van der Waals surface area contributed by atoms with E-state index >= 15 is 0 Å². The van der Waals surface area contributed by atoms with E-state index in [0.29, 0.717) is 17.1 Å². The molecule has 142 valence electrons. The van der Waals surface area contributed by atoms with Crippen LogP contribution in [0.5, 0.6) is 0 Å². The molecule has 1 unspecified atom stereocenters. The van der Waals surface area contributed by atoms with E-state index in [1.807, 2.05) is 39.0 Å². The molecule has 27 heavy (non-hydrogen) atoms. The summed E-state index contributed by atoms with van der Waals surface area (Å²) in [6, 6.07) is 8.46. The number of nitrogens with zero attached hydrogens (tertiary/aromatic N) is 3. The maximum atomic E-state index is 13.0. The van der Waals surface area contributed by atoms with E-state index < -0.39 is 23.4 Å². The Morgan fingerprint density at radius 1 is 1.26 bits per heavy atom. The minimum absolute atomic E-state index is 0.204. The van der Waals surface area contributed by atoms with Gasteiger partial charge in [0.2, 0.25) is 11.0 Å². The lowest BCUT2D eigenvalue weighted by atomic mass is 9.87. The molecule has 1 atom stereocenters. The third-order valence-electron chi connectivity index (χ3n) is 4.46. The van der Waals surface area contributed by atoms with Crippen LogP contribution in [0.4, 0.5) is 9.93 Å². The summed E-state index contributed by atoms with van der Waals surface area (Å²) in [5, 5.41) is 14.4. The molecule has 1 aromatic heterocycles. The highest BCUT2D eigenvalue weighted by atomic mass is 32.1. The second-order valence-electron chi connectivity index (χ2n) is 6.59. The van der Waals surface area contributed by atoms with Crippen molar-refractivity contribution in [1.29, 1.82) is 0 Å². The van der Waals surface area contributed by atoms with Crippen LogP contribution in [0.15, 0.2) is 30.3 Å². The van der Waals surface area contributed by atoms with Crippen LogP contribution >= 0.6 is 11.3 Å². The van der Waals surface area contributed by atoms with E-state index in [9.17, 15) is 14.4 Å². The lowest BCUT2D eigenvalue weighted by Gasteiger charge is -2.25. The second-order valence-corrected chi connectivity index (χ2v) is 7.60. The van der Waals surface area contributed by atoms with Crippen molar-refractivity contribution in [3.8, 4) is 0 Å². The zero-order valence-corrected chi connectivity index (χ0v) is 16.2. The van der Waals surface area contributed by atoms with Crippen LogP contribution in [0.1, 0.15) is 43.7 Å². The number of urea groups is 1. The molecule has 1 aliphatic rings. The van der Waals surface area contributed by atoms with Gasteiger partial charge in [-0.3, -0.25) is 19.8 Å². The summed E-state index contributed by atoms with van der Waals surface area (Å²) in [4.78, 5) is 38.7. The Morgan fingerprint density at radius 2 is 1.96 bits per heavy atom. The normalized spacial score (nSPS) is 19.5. The average Bonchev–Trinajstić information content (AvgIpc) is 3.21. The van der Waals surface area contributed by atoms with Gasteiger partial charge in [0.05, 0.1) is 0 Å². The maximum Gasteiger partial charge on any atom is 0.325 e. The van der Waals surface area contributed by atoms with Gasteiger partial charge in [0.15, 0.2) is 0 Å². The predicted molar refractivity (Wildman–Crippen MR) is 101 cm³/mol. The molecule has 0 spiro atoms. The van der Waals surface area contributed by atoms with Gasteiger partial charge in [-0.15, -0.1) is 10.2 Å². The number of benzene rings is 1. The minimum Gasteiger partial charge on any atom is -0.319 e. The van der Waals surface area contributed by atoms with Crippen molar-refractivity contribution in [1.82, 2.24) is 20.4 Å². The summed E-state index contributed by atoms with van der Waals surface area (Å²) >= 11 is 1.27. The van der Waals surface area contributed by atoms with Crippen LogP contribution in [0, 0.1) is 0 Å². The number of aromatic nitrogens is 2. The SMILES string of the molecule is CCC1(c2ccccc2)NC(=O)N(CC(=O)Nc2nnc(C(C)C)s2)C1=O. The zero-order valence-electron chi connectivity index (χ0n) is 15.4. The summed E-state index contributed by atoms with van der Waals surface area (Å²) < 4.78 is 0. The fourth-order valence-electron chi connectivity index (χ4n) is 2.95. The molecule has 8 nitrogen and oxygen atoms in total.